The van der Waals surface area contributed by atoms with Crippen LogP contribution in [0.1, 0.15) is 47.3 Å². The summed E-state index contributed by atoms with van der Waals surface area (Å²) < 4.78 is 6.08. The molecule has 2 aromatic heterocycles. The summed E-state index contributed by atoms with van der Waals surface area (Å²) in [5, 5.41) is 4.22. The van der Waals surface area contributed by atoms with Gasteiger partial charge in [-0.2, -0.15) is 0 Å². The van der Waals surface area contributed by atoms with Crippen molar-refractivity contribution in [1.29, 1.82) is 0 Å². The number of carbonyl (C=O) groups excluding carboxylic acids is 1. The van der Waals surface area contributed by atoms with Crippen LogP contribution in [0.2, 0.25) is 0 Å². The summed E-state index contributed by atoms with van der Waals surface area (Å²) in [4.78, 5) is 20.1. The van der Waals surface area contributed by atoms with Crippen molar-refractivity contribution < 1.29 is 9.53 Å². The summed E-state index contributed by atoms with van der Waals surface area (Å²) in [7, 11) is 0. The summed E-state index contributed by atoms with van der Waals surface area (Å²) >= 11 is 1.51. The fourth-order valence-electron chi connectivity index (χ4n) is 4.05. The Morgan fingerprint density at radius 2 is 1.93 bits per heavy atom. The van der Waals surface area contributed by atoms with Crippen molar-refractivity contribution in [3.63, 3.8) is 0 Å². The molecule has 0 radical (unpaired) electrons. The molecule has 1 amide bonds. The van der Waals surface area contributed by atoms with Gasteiger partial charge in [-0.15, -0.1) is 11.3 Å². The minimum absolute atomic E-state index is 0.0334. The molecule has 1 fully saturated rings. The lowest BCUT2D eigenvalue weighted by Gasteiger charge is -2.22. The molecule has 5 rings (SSSR count). The summed E-state index contributed by atoms with van der Waals surface area (Å²) in [6, 6.07) is 16.2. The van der Waals surface area contributed by atoms with E-state index in [-0.39, 0.29) is 5.91 Å². The van der Waals surface area contributed by atoms with Gasteiger partial charge in [0.25, 0.3) is 5.91 Å². The van der Waals surface area contributed by atoms with Crippen molar-refractivity contribution in [2.45, 2.75) is 44.7 Å². The van der Waals surface area contributed by atoms with Gasteiger partial charge < -0.3 is 15.0 Å². The number of anilines is 2. The van der Waals surface area contributed by atoms with Crippen LogP contribution in [0, 0.1) is 0 Å². The fourth-order valence-corrected chi connectivity index (χ4v) is 4.98. The van der Waals surface area contributed by atoms with Crippen molar-refractivity contribution in [1.82, 2.24) is 10.3 Å². The SMILES string of the molecule is O=C(NC1CCCCC1)c1ccc(N2Cc3ccccc3Oc3ncccc32)s1. The van der Waals surface area contributed by atoms with Gasteiger partial charge in [0.2, 0.25) is 5.88 Å². The van der Waals surface area contributed by atoms with Crippen LogP contribution < -0.4 is 15.0 Å². The summed E-state index contributed by atoms with van der Waals surface area (Å²) in [6.07, 6.45) is 7.60. The topological polar surface area (TPSA) is 54.5 Å². The molecule has 1 aromatic carbocycles. The first kappa shape index (κ1) is 18.2. The average Bonchev–Trinajstić information content (AvgIpc) is 3.18. The highest BCUT2D eigenvalue weighted by atomic mass is 32.1. The van der Waals surface area contributed by atoms with Crippen molar-refractivity contribution in [3.05, 3.63) is 65.2 Å². The zero-order valence-corrected chi connectivity index (χ0v) is 17.0. The number of para-hydroxylation sites is 1. The van der Waals surface area contributed by atoms with Gasteiger partial charge >= 0.3 is 0 Å². The molecule has 5 nitrogen and oxygen atoms in total. The van der Waals surface area contributed by atoms with Gasteiger partial charge in [0, 0.05) is 17.8 Å². The molecule has 0 saturated heterocycles. The highest BCUT2D eigenvalue weighted by Crippen LogP contribution is 2.43. The van der Waals surface area contributed by atoms with Crippen LogP contribution in [-0.4, -0.2) is 16.9 Å². The first-order chi connectivity index (χ1) is 14.3. The second kappa shape index (κ2) is 7.87. The van der Waals surface area contributed by atoms with E-state index in [0.29, 0.717) is 18.5 Å². The summed E-state index contributed by atoms with van der Waals surface area (Å²) in [5.41, 5.74) is 2.00. The Kier molecular flexibility index (Phi) is 4.94. The maximum atomic E-state index is 12.8. The van der Waals surface area contributed by atoms with Crippen molar-refractivity contribution in [2.24, 2.45) is 0 Å². The maximum absolute atomic E-state index is 12.8. The van der Waals surface area contributed by atoms with Crippen LogP contribution in [0.4, 0.5) is 10.7 Å². The van der Waals surface area contributed by atoms with Crippen molar-refractivity contribution in [3.8, 4) is 11.6 Å². The number of pyridine rings is 1. The Bertz CT molecular complexity index is 1030. The normalized spacial score (nSPS) is 16.3. The van der Waals surface area contributed by atoms with E-state index in [1.54, 1.807) is 6.20 Å². The quantitative estimate of drug-likeness (QED) is 0.612. The number of hydrogen-bond acceptors (Lipinski definition) is 5. The smallest absolute Gasteiger partial charge is 0.261 e. The van der Waals surface area contributed by atoms with Gasteiger partial charge in [-0.05, 0) is 43.2 Å². The zero-order valence-electron chi connectivity index (χ0n) is 16.1. The second-order valence-corrected chi connectivity index (χ2v) is 8.63. The highest BCUT2D eigenvalue weighted by molar-refractivity contribution is 7.18. The highest BCUT2D eigenvalue weighted by Gasteiger charge is 2.25. The van der Waals surface area contributed by atoms with Gasteiger partial charge in [0.15, 0.2) is 0 Å². The molecule has 1 saturated carbocycles. The minimum Gasteiger partial charge on any atom is -0.437 e. The summed E-state index contributed by atoms with van der Waals surface area (Å²) in [5.74, 6) is 1.44. The van der Waals surface area contributed by atoms with E-state index in [1.807, 2.05) is 42.5 Å². The lowest BCUT2D eigenvalue weighted by atomic mass is 9.95. The molecule has 2 aliphatic rings. The van der Waals surface area contributed by atoms with Gasteiger partial charge in [-0.3, -0.25) is 4.79 Å². The number of thiophene rings is 1. The molecule has 0 unspecified atom stereocenters. The molecule has 29 heavy (non-hydrogen) atoms. The molecule has 148 valence electrons. The second-order valence-electron chi connectivity index (χ2n) is 7.57. The largest absolute Gasteiger partial charge is 0.437 e. The fraction of sp³-hybridized carbons (Fsp3) is 0.304. The molecule has 3 aromatic rings. The molecule has 1 aliphatic heterocycles. The van der Waals surface area contributed by atoms with Crippen molar-refractivity contribution >= 4 is 27.9 Å². The number of hydrogen-bond donors (Lipinski definition) is 1. The van der Waals surface area contributed by atoms with E-state index < -0.39 is 0 Å². The van der Waals surface area contributed by atoms with E-state index in [4.69, 9.17) is 4.74 Å². The monoisotopic (exact) mass is 405 g/mol. The molecule has 1 N–H and O–H groups in total. The molecular weight excluding hydrogens is 382 g/mol. The molecule has 0 spiro atoms. The molecule has 6 heteroatoms. The maximum Gasteiger partial charge on any atom is 0.261 e. The number of amides is 1. The Hall–Kier alpha value is -2.86. The zero-order chi connectivity index (χ0) is 19.6. The number of benzene rings is 1. The van der Waals surface area contributed by atoms with E-state index in [1.165, 1.54) is 30.6 Å². The predicted molar refractivity (Wildman–Crippen MR) is 115 cm³/mol. The average molecular weight is 406 g/mol. The first-order valence-electron chi connectivity index (χ1n) is 10.2. The predicted octanol–water partition coefficient (Wildman–Crippen LogP) is 5.65. The lowest BCUT2D eigenvalue weighted by Crippen LogP contribution is -2.35. The summed E-state index contributed by atoms with van der Waals surface area (Å²) in [6.45, 7) is 0.666. The Labute approximate surface area is 174 Å². The molecular formula is C23H23N3O2S. The number of nitrogens with zero attached hydrogens (tertiary/aromatic N) is 2. The van der Waals surface area contributed by atoms with Gasteiger partial charge in [0.05, 0.1) is 16.4 Å². The first-order valence-corrected chi connectivity index (χ1v) is 11.0. The lowest BCUT2D eigenvalue weighted by molar-refractivity contribution is 0.0932. The van der Waals surface area contributed by atoms with E-state index in [0.717, 1.165) is 39.7 Å². The third-order valence-corrected chi connectivity index (χ3v) is 6.68. The minimum atomic E-state index is 0.0334. The van der Waals surface area contributed by atoms with Crippen molar-refractivity contribution in [2.75, 3.05) is 4.90 Å². The van der Waals surface area contributed by atoms with Gasteiger partial charge in [-0.1, -0.05) is 37.5 Å². The number of nitrogens with one attached hydrogen (secondary N) is 1. The van der Waals surface area contributed by atoms with Crippen LogP contribution in [0.15, 0.2) is 54.7 Å². The third-order valence-electron chi connectivity index (χ3n) is 5.57. The van der Waals surface area contributed by atoms with Crippen LogP contribution in [0.25, 0.3) is 0 Å². The number of ether oxygens (including phenoxy) is 1. The number of carbonyl (C=O) groups is 1. The Morgan fingerprint density at radius 3 is 2.83 bits per heavy atom. The standard InChI is InChI=1S/C23H23N3O2S/c27-22(25-17-8-2-1-3-9-17)20-12-13-21(29-20)26-15-16-7-4-5-11-19(16)28-23-18(26)10-6-14-24-23/h4-7,10-14,17H,1-3,8-9,15H2,(H,25,27). The van der Waals surface area contributed by atoms with E-state index >= 15 is 0 Å². The van der Waals surface area contributed by atoms with Crippen LogP contribution in [0.5, 0.6) is 11.6 Å². The molecule has 0 bridgehead atoms. The Balaban J connectivity index is 1.43. The number of aromatic nitrogens is 1. The van der Waals surface area contributed by atoms with E-state index in [9.17, 15) is 4.79 Å². The van der Waals surface area contributed by atoms with Crippen LogP contribution >= 0.6 is 11.3 Å². The Morgan fingerprint density at radius 1 is 1.07 bits per heavy atom. The third kappa shape index (κ3) is 3.72. The molecule has 3 heterocycles. The number of rotatable bonds is 3. The molecule has 1 aliphatic carbocycles. The number of fused-ring (bicyclic) bond motifs is 2. The van der Waals surface area contributed by atoms with Crippen LogP contribution in [-0.2, 0) is 6.54 Å². The van der Waals surface area contributed by atoms with Gasteiger partial charge in [-0.25, -0.2) is 4.98 Å². The van der Waals surface area contributed by atoms with Crippen LogP contribution in [0.3, 0.4) is 0 Å². The van der Waals surface area contributed by atoms with Gasteiger partial charge in [0.1, 0.15) is 11.4 Å². The molecule has 0 atom stereocenters. The van der Waals surface area contributed by atoms with E-state index in [2.05, 4.69) is 21.3 Å².